The predicted octanol–water partition coefficient (Wildman–Crippen LogP) is 5.13. The Labute approximate surface area is 174 Å². The van der Waals surface area contributed by atoms with Crippen LogP contribution in [0, 0.1) is 5.41 Å². The fraction of sp³-hybridized carbons (Fsp3) is 0.280. The lowest BCUT2D eigenvalue weighted by Gasteiger charge is -2.32. The van der Waals surface area contributed by atoms with Gasteiger partial charge >= 0.3 is 11.6 Å². The average Bonchev–Trinajstić information content (AvgIpc) is 3.01. The fourth-order valence-electron chi connectivity index (χ4n) is 4.01. The maximum absolute atomic E-state index is 12.5. The van der Waals surface area contributed by atoms with Crippen molar-refractivity contribution in [2.24, 2.45) is 5.41 Å². The van der Waals surface area contributed by atoms with E-state index in [0.29, 0.717) is 16.9 Å². The van der Waals surface area contributed by atoms with Gasteiger partial charge in [-0.25, -0.2) is 9.59 Å². The van der Waals surface area contributed by atoms with E-state index >= 15 is 0 Å². The summed E-state index contributed by atoms with van der Waals surface area (Å²) < 4.78 is 17.3. The Morgan fingerprint density at radius 3 is 2.57 bits per heavy atom. The minimum atomic E-state index is -0.421. The van der Waals surface area contributed by atoms with Gasteiger partial charge in [0.2, 0.25) is 0 Å². The first kappa shape index (κ1) is 20.0. The van der Waals surface area contributed by atoms with Gasteiger partial charge in [0, 0.05) is 22.9 Å². The van der Waals surface area contributed by atoms with Crippen LogP contribution >= 0.6 is 0 Å². The molecule has 5 heteroatoms. The minimum Gasteiger partial charge on any atom is -0.490 e. The molecule has 1 heterocycles. The molecule has 0 amide bonds. The van der Waals surface area contributed by atoms with Gasteiger partial charge in [0.05, 0.1) is 5.56 Å². The van der Waals surface area contributed by atoms with E-state index in [1.807, 2.05) is 62.4 Å². The zero-order chi connectivity index (χ0) is 21.3. The van der Waals surface area contributed by atoms with Crippen molar-refractivity contribution in [2.75, 3.05) is 0 Å². The zero-order valence-electron chi connectivity index (χ0n) is 17.1. The van der Waals surface area contributed by atoms with Gasteiger partial charge in [0.1, 0.15) is 23.5 Å². The summed E-state index contributed by atoms with van der Waals surface area (Å²) in [6, 6.07) is 16.8. The number of rotatable bonds is 5. The summed E-state index contributed by atoms with van der Waals surface area (Å²) in [4.78, 5) is 24.1. The third-order valence-corrected chi connectivity index (χ3v) is 5.85. The Hall–Kier alpha value is -3.34. The van der Waals surface area contributed by atoms with Gasteiger partial charge in [-0.05, 0) is 36.6 Å². The van der Waals surface area contributed by atoms with E-state index < -0.39 is 5.97 Å². The summed E-state index contributed by atoms with van der Waals surface area (Å²) in [6.45, 7) is 7.51. The number of hydrogen-bond acceptors (Lipinski definition) is 5. The molecule has 30 heavy (non-hydrogen) atoms. The molecule has 2 aromatic carbocycles. The lowest BCUT2D eigenvalue weighted by atomic mass is 9.87. The minimum absolute atomic E-state index is 0.132. The molecule has 5 nitrogen and oxygen atoms in total. The van der Waals surface area contributed by atoms with E-state index in [2.05, 4.69) is 6.58 Å². The second kappa shape index (κ2) is 7.82. The second-order valence-corrected chi connectivity index (χ2v) is 8.15. The second-order valence-electron chi connectivity index (χ2n) is 8.15. The van der Waals surface area contributed by atoms with Gasteiger partial charge in [-0.15, -0.1) is 0 Å². The number of carbonyl (C=O) groups excluding carboxylic acids is 1. The molecule has 4 rings (SSSR count). The van der Waals surface area contributed by atoms with Gasteiger partial charge in [-0.2, -0.15) is 0 Å². The first-order chi connectivity index (χ1) is 14.4. The highest BCUT2D eigenvalue weighted by Gasteiger charge is 2.47. The third-order valence-electron chi connectivity index (χ3n) is 5.85. The molecule has 1 aromatic heterocycles. The molecule has 0 radical (unpaired) electrons. The maximum Gasteiger partial charge on any atom is 0.344 e. The average molecular weight is 404 g/mol. The Morgan fingerprint density at radius 2 is 1.83 bits per heavy atom. The summed E-state index contributed by atoms with van der Waals surface area (Å²) in [6.07, 6.45) is 2.30. The lowest BCUT2D eigenvalue weighted by Crippen LogP contribution is -2.38. The molecule has 2 unspecified atom stereocenters. The quantitative estimate of drug-likeness (QED) is 0.335. The SMILES string of the molecule is C=CC(=O)OC1CCC(Oc2ccc3cc(-c4ccccc4)c(=O)oc3c2)C1(C)C. The first-order valence-corrected chi connectivity index (χ1v) is 10.0. The van der Waals surface area contributed by atoms with Crippen LogP contribution in [-0.2, 0) is 9.53 Å². The molecule has 0 bridgehead atoms. The third kappa shape index (κ3) is 3.75. The number of ether oxygens (including phenoxy) is 2. The number of esters is 1. The molecule has 1 aliphatic rings. The van der Waals surface area contributed by atoms with Crippen LogP contribution in [0.1, 0.15) is 26.7 Å². The van der Waals surface area contributed by atoms with Crippen LogP contribution in [0.25, 0.3) is 22.1 Å². The van der Waals surface area contributed by atoms with Gasteiger partial charge < -0.3 is 13.9 Å². The summed E-state index contributed by atoms with van der Waals surface area (Å²) in [5, 5.41) is 0.823. The summed E-state index contributed by atoms with van der Waals surface area (Å²) >= 11 is 0. The standard InChI is InChI=1S/C25H24O5/c1-4-23(26)30-22-13-12-21(25(22,2)3)28-18-11-10-17-14-19(16-8-6-5-7-9-16)24(27)29-20(17)15-18/h4-11,14-15,21-22H,1,12-13H2,2-3H3. The monoisotopic (exact) mass is 404 g/mol. The first-order valence-electron chi connectivity index (χ1n) is 10.0. The maximum atomic E-state index is 12.5. The highest BCUT2D eigenvalue weighted by molar-refractivity contribution is 5.83. The Morgan fingerprint density at radius 1 is 1.10 bits per heavy atom. The molecule has 0 spiro atoms. The van der Waals surface area contributed by atoms with E-state index in [4.69, 9.17) is 13.9 Å². The van der Waals surface area contributed by atoms with Gasteiger partial charge in [0.25, 0.3) is 0 Å². The van der Waals surface area contributed by atoms with Crippen molar-refractivity contribution < 1.29 is 18.7 Å². The molecule has 0 N–H and O–H groups in total. The van der Waals surface area contributed by atoms with Crippen LogP contribution in [0.5, 0.6) is 5.75 Å². The van der Waals surface area contributed by atoms with Crippen LogP contribution in [0.15, 0.2) is 76.5 Å². The topological polar surface area (TPSA) is 65.7 Å². The Kier molecular flexibility index (Phi) is 5.20. The summed E-state index contributed by atoms with van der Waals surface area (Å²) in [5.41, 5.74) is 1.08. The Bertz CT molecular complexity index is 1140. The smallest absolute Gasteiger partial charge is 0.344 e. The van der Waals surface area contributed by atoms with Crippen LogP contribution in [-0.4, -0.2) is 18.2 Å². The van der Waals surface area contributed by atoms with Crippen molar-refractivity contribution in [3.05, 3.63) is 77.7 Å². The largest absolute Gasteiger partial charge is 0.490 e. The van der Waals surface area contributed by atoms with Crippen LogP contribution in [0.2, 0.25) is 0 Å². The molecular formula is C25H24O5. The van der Waals surface area contributed by atoms with Crippen molar-refractivity contribution in [3.63, 3.8) is 0 Å². The molecule has 154 valence electrons. The van der Waals surface area contributed by atoms with E-state index in [1.165, 1.54) is 6.08 Å². The fourth-order valence-corrected chi connectivity index (χ4v) is 4.01. The highest BCUT2D eigenvalue weighted by atomic mass is 16.5. The molecule has 0 saturated heterocycles. The molecular weight excluding hydrogens is 380 g/mol. The molecule has 2 atom stereocenters. The van der Waals surface area contributed by atoms with Crippen molar-refractivity contribution in [1.29, 1.82) is 0 Å². The molecule has 1 fully saturated rings. The van der Waals surface area contributed by atoms with Gasteiger partial charge in [0.15, 0.2) is 0 Å². The molecule has 0 aliphatic heterocycles. The molecule has 3 aromatic rings. The lowest BCUT2D eigenvalue weighted by molar-refractivity contribution is -0.148. The van der Waals surface area contributed by atoms with Crippen LogP contribution < -0.4 is 10.4 Å². The van der Waals surface area contributed by atoms with Crippen molar-refractivity contribution >= 4 is 16.9 Å². The molecule has 1 saturated carbocycles. The normalized spacial score (nSPS) is 20.1. The van der Waals surface area contributed by atoms with Gasteiger partial charge in [-0.1, -0.05) is 50.8 Å². The van der Waals surface area contributed by atoms with E-state index in [9.17, 15) is 9.59 Å². The van der Waals surface area contributed by atoms with Crippen molar-refractivity contribution in [2.45, 2.75) is 38.9 Å². The number of hydrogen-bond donors (Lipinski definition) is 0. The van der Waals surface area contributed by atoms with E-state index in [-0.39, 0.29) is 23.2 Å². The Balaban J connectivity index is 1.58. The molecule has 1 aliphatic carbocycles. The number of fused-ring (bicyclic) bond motifs is 1. The number of benzene rings is 2. The highest BCUT2D eigenvalue weighted by Crippen LogP contribution is 2.42. The number of carbonyl (C=O) groups is 1. The summed E-state index contributed by atoms with van der Waals surface area (Å²) in [7, 11) is 0. The summed E-state index contributed by atoms with van der Waals surface area (Å²) in [5.74, 6) is 0.197. The van der Waals surface area contributed by atoms with E-state index in [0.717, 1.165) is 23.8 Å². The predicted molar refractivity (Wildman–Crippen MR) is 115 cm³/mol. The van der Waals surface area contributed by atoms with Crippen LogP contribution in [0.4, 0.5) is 0 Å². The van der Waals surface area contributed by atoms with Crippen LogP contribution in [0.3, 0.4) is 0 Å². The van der Waals surface area contributed by atoms with Crippen molar-refractivity contribution in [1.82, 2.24) is 0 Å². The van der Waals surface area contributed by atoms with Gasteiger partial charge in [-0.3, -0.25) is 0 Å². The van der Waals surface area contributed by atoms with E-state index in [1.54, 1.807) is 6.07 Å². The zero-order valence-corrected chi connectivity index (χ0v) is 17.1. The van der Waals surface area contributed by atoms with Crippen molar-refractivity contribution in [3.8, 4) is 16.9 Å².